The molecular formula is C13H19NO2. The highest BCUT2D eigenvalue weighted by Crippen LogP contribution is 2.36. The van der Waals surface area contributed by atoms with Gasteiger partial charge in [-0.3, -0.25) is 9.59 Å². The van der Waals surface area contributed by atoms with E-state index in [1.165, 1.54) is 0 Å². The number of likely N-dealkylation sites (tertiary alicyclic amines) is 1. The SMILES string of the molecule is CN1CCCC1=C1C(=O)CC(C)(C)CC1=O. The zero-order valence-corrected chi connectivity index (χ0v) is 10.3. The number of hydrogen-bond donors (Lipinski definition) is 0. The van der Waals surface area contributed by atoms with Gasteiger partial charge in [0, 0.05) is 32.1 Å². The van der Waals surface area contributed by atoms with Crippen molar-refractivity contribution in [2.24, 2.45) is 5.41 Å². The topological polar surface area (TPSA) is 37.4 Å². The van der Waals surface area contributed by atoms with Crippen LogP contribution in [0.1, 0.15) is 39.5 Å². The van der Waals surface area contributed by atoms with Gasteiger partial charge in [0.15, 0.2) is 11.6 Å². The minimum atomic E-state index is -0.157. The standard InChI is InChI=1S/C13H19NO2/c1-13(2)7-10(15)12(11(16)8-13)9-5-4-6-14(9)3/h4-8H2,1-3H3. The molecule has 16 heavy (non-hydrogen) atoms. The van der Waals surface area contributed by atoms with Crippen LogP contribution in [-0.4, -0.2) is 30.1 Å². The van der Waals surface area contributed by atoms with Crippen molar-refractivity contribution >= 4 is 11.6 Å². The van der Waals surface area contributed by atoms with Crippen molar-refractivity contribution in [1.82, 2.24) is 4.90 Å². The maximum Gasteiger partial charge on any atom is 0.168 e. The Balaban J connectivity index is 2.36. The van der Waals surface area contributed by atoms with Crippen LogP contribution in [0.4, 0.5) is 0 Å². The fourth-order valence-corrected chi connectivity index (χ4v) is 2.71. The monoisotopic (exact) mass is 221 g/mol. The summed E-state index contributed by atoms with van der Waals surface area (Å²) in [7, 11) is 1.97. The summed E-state index contributed by atoms with van der Waals surface area (Å²) in [5.74, 6) is 0.0926. The molecular weight excluding hydrogens is 202 g/mol. The summed E-state index contributed by atoms with van der Waals surface area (Å²) in [6.07, 6.45) is 2.94. The Hall–Kier alpha value is -1.12. The van der Waals surface area contributed by atoms with E-state index in [4.69, 9.17) is 0 Å². The number of rotatable bonds is 0. The Labute approximate surface area is 96.5 Å². The second-order valence-electron chi connectivity index (χ2n) is 5.71. The number of ketones is 2. The average Bonchev–Trinajstić information content (AvgIpc) is 2.48. The minimum absolute atomic E-state index is 0.0463. The van der Waals surface area contributed by atoms with Crippen LogP contribution < -0.4 is 0 Å². The van der Waals surface area contributed by atoms with Crippen LogP contribution >= 0.6 is 0 Å². The normalized spacial score (nSPS) is 25.6. The number of hydrogen-bond acceptors (Lipinski definition) is 3. The van der Waals surface area contributed by atoms with E-state index in [0.29, 0.717) is 18.4 Å². The number of Topliss-reactive ketones (excluding diaryl/α,β-unsaturated/α-hetero) is 2. The van der Waals surface area contributed by atoms with Gasteiger partial charge < -0.3 is 4.90 Å². The van der Waals surface area contributed by atoms with Crippen molar-refractivity contribution in [1.29, 1.82) is 0 Å². The summed E-state index contributed by atoms with van der Waals surface area (Å²) in [6.45, 7) is 4.94. The summed E-state index contributed by atoms with van der Waals surface area (Å²) in [5, 5.41) is 0. The quantitative estimate of drug-likeness (QED) is 0.463. The third-order valence-corrected chi connectivity index (χ3v) is 3.49. The first-order chi connectivity index (χ1) is 7.41. The Morgan fingerprint density at radius 3 is 2.12 bits per heavy atom. The van der Waals surface area contributed by atoms with Gasteiger partial charge in [0.25, 0.3) is 0 Å². The van der Waals surface area contributed by atoms with E-state index < -0.39 is 0 Å². The molecule has 0 spiro atoms. The molecule has 1 heterocycles. The molecule has 1 saturated carbocycles. The van der Waals surface area contributed by atoms with E-state index >= 15 is 0 Å². The van der Waals surface area contributed by atoms with Gasteiger partial charge in [-0.05, 0) is 18.3 Å². The van der Waals surface area contributed by atoms with Gasteiger partial charge in [0.1, 0.15) is 0 Å². The molecule has 1 saturated heterocycles. The fraction of sp³-hybridized carbons (Fsp3) is 0.692. The predicted octanol–water partition coefficient (Wildman–Crippen LogP) is 1.92. The largest absolute Gasteiger partial charge is 0.377 e. The highest BCUT2D eigenvalue weighted by Gasteiger charge is 2.38. The third-order valence-electron chi connectivity index (χ3n) is 3.49. The summed E-state index contributed by atoms with van der Waals surface area (Å²) < 4.78 is 0. The summed E-state index contributed by atoms with van der Waals surface area (Å²) in [5.41, 5.74) is 1.32. The molecule has 0 aromatic carbocycles. The van der Waals surface area contributed by atoms with Gasteiger partial charge in [-0.15, -0.1) is 0 Å². The van der Waals surface area contributed by atoms with Gasteiger partial charge in [-0.1, -0.05) is 13.8 Å². The first-order valence-electron chi connectivity index (χ1n) is 5.91. The predicted molar refractivity (Wildman–Crippen MR) is 61.9 cm³/mol. The smallest absolute Gasteiger partial charge is 0.168 e. The van der Waals surface area contributed by atoms with Gasteiger partial charge in [-0.25, -0.2) is 0 Å². The van der Waals surface area contributed by atoms with Gasteiger partial charge >= 0.3 is 0 Å². The van der Waals surface area contributed by atoms with Crippen LogP contribution in [0.5, 0.6) is 0 Å². The molecule has 2 rings (SSSR count). The zero-order chi connectivity index (χ0) is 11.9. The third kappa shape index (κ3) is 1.91. The molecule has 0 bridgehead atoms. The second-order valence-corrected chi connectivity index (χ2v) is 5.71. The molecule has 2 aliphatic rings. The molecule has 1 aliphatic heterocycles. The summed E-state index contributed by atoms with van der Waals surface area (Å²) in [6, 6.07) is 0. The van der Waals surface area contributed by atoms with E-state index in [9.17, 15) is 9.59 Å². The van der Waals surface area contributed by atoms with Crippen molar-refractivity contribution in [3.8, 4) is 0 Å². The first-order valence-corrected chi connectivity index (χ1v) is 5.91. The minimum Gasteiger partial charge on any atom is -0.377 e. The van der Waals surface area contributed by atoms with Crippen molar-refractivity contribution in [3.63, 3.8) is 0 Å². The Morgan fingerprint density at radius 1 is 1.12 bits per heavy atom. The van der Waals surface area contributed by atoms with E-state index in [0.717, 1.165) is 25.1 Å². The van der Waals surface area contributed by atoms with Crippen LogP contribution in [0, 0.1) is 5.41 Å². The van der Waals surface area contributed by atoms with E-state index in [-0.39, 0.29) is 17.0 Å². The highest BCUT2D eigenvalue weighted by molar-refractivity contribution is 6.22. The van der Waals surface area contributed by atoms with Gasteiger partial charge in [-0.2, -0.15) is 0 Å². The number of allylic oxidation sites excluding steroid dienone is 2. The van der Waals surface area contributed by atoms with Gasteiger partial charge in [0.05, 0.1) is 5.57 Å². The fourth-order valence-electron chi connectivity index (χ4n) is 2.71. The average molecular weight is 221 g/mol. The van der Waals surface area contributed by atoms with Crippen molar-refractivity contribution in [2.45, 2.75) is 39.5 Å². The summed E-state index contributed by atoms with van der Waals surface area (Å²) in [4.78, 5) is 26.2. The molecule has 0 atom stereocenters. The lowest BCUT2D eigenvalue weighted by Gasteiger charge is -2.30. The molecule has 0 unspecified atom stereocenters. The van der Waals surface area contributed by atoms with E-state index in [1.807, 2.05) is 20.9 Å². The highest BCUT2D eigenvalue weighted by atomic mass is 16.2. The Bertz CT molecular complexity index is 357. The molecule has 0 aromatic rings. The van der Waals surface area contributed by atoms with Crippen LogP contribution in [0.15, 0.2) is 11.3 Å². The van der Waals surface area contributed by atoms with Gasteiger partial charge in [0.2, 0.25) is 0 Å². The lowest BCUT2D eigenvalue weighted by Crippen LogP contribution is -2.33. The molecule has 88 valence electrons. The number of nitrogens with zero attached hydrogens (tertiary/aromatic N) is 1. The first kappa shape index (κ1) is 11.4. The Kier molecular flexibility index (Phi) is 2.64. The van der Waals surface area contributed by atoms with Crippen LogP contribution in [0.2, 0.25) is 0 Å². The lowest BCUT2D eigenvalue weighted by atomic mass is 9.73. The van der Waals surface area contributed by atoms with E-state index in [1.54, 1.807) is 0 Å². The summed E-state index contributed by atoms with van der Waals surface area (Å²) >= 11 is 0. The molecule has 0 aromatic heterocycles. The molecule has 2 fully saturated rings. The molecule has 0 radical (unpaired) electrons. The van der Waals surface area contributed by atoms with Crippen molar-refractivity contribution < 1.29 is 9.59 Å². The number of carbonyl (C=O) groups is 2. The molecule has 0 amide bonds. The second kappa shape index (κ2) is 3.72. The maximum atomic E-state index is 12.0. The van der Waals surface area contributed by atoms with Crippen LogP contribution in [0.25, 0.3) is 0 Å². The molecule has 1 aliphatic carbocycles. The molecule has 0 N–H and O–H groups in total. The number of carbonyl (C=O) groups excluding carboxylic acids is 2. The lowest BCUT2D eigenvalue weighted by molar-refractivity contribution is -0.127. The van der Waals surface area contributed by atoms with Crippen LogP contribution in [-0.2, 0) is 9.59 Å². The van der Waals surface area contributed by atoms with E-state index in [2.05, 4.69) is 4.90 Å². The van der Waals surface area contributed by atoms with Crippen LogP contribution in [0.3, 0.4) is 0 Å². The van der Waals surface area contributed by atoms with Crippen molar-refractivity contribution in [2.75, 3.05) is 13.6 Å². The van der Waals surface area contributed by atoms with Crippen molar-refractivity contribution in [3.05, 3.63) is 11.3 Å². The maximum absolute atomic E-state index is 12.0. The zero-order valence-electron chi connectivity index (χ0n) is 10.3. The Morgan fingerprint density at radius 2 is 1.69 bits per heavy atom. The molecule has 3 heteroatoms. The molecule has 3 nitrogen and oxygen atoms in total.